The number of amides is 2. The van der Waals surface area contributed by atoms with Gasteiger partial charge >= 0.3 is 0 Å². The van der Waals surface area contributed by atoms with Crippen molar-refractivity contribution in [2.75, 3.05) is 17.7 Å². The van der Waals surface area contributed by atoms with Crippen LogP contribution in [0.25, 0.3) is 0 Å². The summed E-state index contributed by atoms with van der Waals surface area (Å²) in [6.45, 7) is 1.85. The van der Waals surface area contributed by atoms with Crippen molar-refractivity contribution in [2.24, 2.45) is 0 Å². The van der Waals surface area contributed by atoms with Gasteiger partial charge < -0.3 is 15.4 Å². The van der Waals surface area contributed by atoms with E-state index in [1.165, 1.54) is 7.11 Å². The van der Waals surface area contributed by atoms with Gasteiger partial charge in [0.15, 0.2) is 0 Å². The first-order valence-corrected chi connectivity index (χ1v) is 8.97. The third-order valence-corrected chi connectivity index (χ3v) is 4.58. The molecule has 0 saturated heterocycles. The van der Waals surface area contributed by atoms with E-state index in [2.05, 4.69) is 10.6 Å². The molecule has 0 fully saturated rings. The van der Waals surface area contributed by atoms with E-state index in [0.29, 0.717) is 33.3 Å². The van der Waals surface area contributed by atoms with Crippen LogP contribution in [-0.4, -0.2) is 18.9 Å². The Morgan fingerprint density at radius 3 is 2.11 bits per heavy atom. The quantitative estimate of drug-likeness (QED) is 0.628. The first-order chi connectivity index (χ1) is 13.5. The van der Waals surface area contributed by atoms with Crippen LogP contribution in [0, 0.1) is 6.92 Å². The molecule has 0 heterocycles. The lowest BCUT2D eigenvalue weighted by Gasteiger charge is -2.12. The van der Waals surface area contributed by atoms with Crippen molar-refractivity contribution < 1.29 is 14.3 Å². The molecule has 0 radical (unpaired) electrons. The summed E-state index contributed by atoms with van der Waals surface area (Å²) in [5.74, 6) is -0.0177. The molecule has 2 N–H and O–H groups in total. The van der Waals surface area contributed by atoms with E-state index >= 15 is 0 Å². The Labute approximate surface area is 168 Å². The zero-order chi connectivity index (χ0) is 20.1. The topological polar surface area (TPSA) is 67.4 Å². The van der Waals surface area contributed by atoms with Crippen molar-refractivity contribution in [1.29, 1.82) is 0 Å². The van der Waals surface area contributed by atoms with Gasteiger partial charge in [0, 0.05) is 27.9 Å². The molecule has 6 heteroatoms. The molecule has 0 spiro atoms. The lowest BCUT2D eigenvalue weighted by Crippen LogP contribution is -2.14. The molecule has 3 aromatic rings. The van der Waals surface area contributed by atoms with Gasteiger partial charge in [-0.05, 0) is 55.0 Å². The molecule has 0 saturated carbocycles. The van der Waals surface area contributed by atoms with E-state index in [4.69, 9.17) is 16.3 Å². The second-order valence-electron chi connectivity index (χ2n) is 6.15. The van der Waals surface area contributed by atoms with Gasteiger partial charge in [-0.25, -0.2) is 0 Å². The van der Waals surface area contributed by atoms with Crippen LogP contribution in [-0.2, 0) is 0 Å². The third kappa shape index (κ3) is 4.50. The Kier molecular flexibility index (Phi) is 5.96. The average Bonchev–Trinajstić information content (AvgIpc) is 2.71. The lowest BCUT2D eigenvalue weighted by molar-refractivity contribution is 0.101. The molecule has 5 nitrogen and oxygen atoms in total. The normalized spacial score (nSPS) is 10.2. The zero-order valence-electron chi connectivity index (χ0n) is 15.5. The highest BCUT2D eigenvalue weighted by Gasteiger charge is 2.12. The van der Waals surface area contributed by atoms with Crippen molar-refractivity contribution in [3.63, 3.8) is 0 Å². The fourth-order valence-corrected chi connectivity index (χ4v) is 2.78. The van der Waals surface area contributed by atoms with Gasteiger partial charge in [-0.1, -0.05) is 29.8 Å². The predicted molar refractivity (Wildman–Crippen MR) is 112 cm³/mol. The van der Waals surface area contributed by atoms with Gasteiger partial charge in [-0.2, -0.15) is 0 Å². The zero-order valence-corrected chi connectivity index (χ0v) is 16.2. The van der Waals surface area contributed by atoms with Crippen LogP contribution in [0.3, 0.4) is 0 Å². The third-order valence-electron chi connectivity index (χ3n) is 4.17. The van der Waals surface area contributed by atoms with E-state index in [0.717, 1.165) is 5.56 Å². The number of hydrogen-bond acceptors (Lipinski definition) is 3. The van der Waals surface area contributed by atoms with E-state index in [1.807, 2.05) is 13.0 Å². The van der Waals surface area contributed by atoms with Gasteiger partial charge in [-0.3, -0.25) is 9.59 Å². The van der Waals surface area contributed by atoms with Crippen LogP contribution in [0.4, 0.5) is 11.4 Å². The Bertz CT molecular complexity index is 1000. The molecule has 3 aromatic carbocycles. The van der Waals surface area contributed by atoms with Crippen LogP contribution >= 0.6 is 11.6 Å². The number of carbonyl (C=O) groups is 2. The molecule has 0 aliphatic rings. The molecular formula is C22H19ClN2O3. The fourth-order valence-electron chi connectivity index (χ4n) is 2.62. The lowest BCUT2D eigenvalue weighted by atomic mass is 10.1. The highest BCUT2D eigenvalue weighted by atomic mass is 35.5. The monoisotopic (exact) mass is 394 g/mol. The summed E-state index contributed by atoms with van der Waals surface area (Å²) in [6.07, 6.45) is 0. The first-order valence-electron chi connectivity index (χ1n) is 8.60. The molecule has 28 heavy (non-hydrogen) atoms. The number of rotatable bonds is 5. The molecule has 0 bridgehead atoms. The maximum atomic E-state index is 12.5. The van der Waals surface area contributed by atoms with Gasteiger partial charge in [-0.15, -0.1) is 0 Å². The van der Waals surface area contributed by atoms with Gasteiger partial charge in [0.1, 0.15) is 5.75 Å². The highest BCUT2D eigenvalue weighted by Crippen LogP contribution is 2.31. The van der Waals surface area contributed by atoms with E-state index in [1.54, 1.807) is 60.7 Å². The standard InChI is InChI=1S/C22H19ClN2O3/c1-14-12-19(20(28-2)13-18(14)23)25-22(27)16-8-10-17(11-9-16)24-21(26)15-6-4-3-5-7-15/h3-13H,1-2H3,(H,24,26)(H,25,27). The summed E-state index contributed by atoms with van der Waals surface area (Å²) in [6, 6.07) is 19.0. The molecule has 3 rings (SSSR count). The maximum Gasteiger partial charge on any atom is 0.255 e. The van der Waals surface area contributed by atoms with Crippen molar-refractivity contribution in [3.8, 4) is 5.75 Å². The Morgan fingerprint density at radius 1 is 0.857 bits per heavy atom. The van der Waals surface area contributed by atoms with Crippen LogP contribution in [0.1, 0.15) is 26.3 Å². The number of hydrogen-bond donors (Lipinski definition) is 2. The smallest absolute Gasteiger partial charge is 0.255 e. The van der Waals surface area contributed by atoms with Crippen molar-refractivity contribution in [1.82, 2.24) is 0 Å². The Hall–Kier alpha value is -3.31. The maximum absolute atomic E-state index is 12.5. The average molecular weight is 395 g/mol. The molecule has 0 aliphatic heterocycles. The highest BCUT2D eigenvalue weighted by molar-refractivity contribution is 6.31. The van der Waals surface area contributed by atoms with Gasteiger partial charge in [0.2, 0.25) is 0 Å². The van der Waals surface area contributed by atoms with E-state index < -0.39 is 0 Å². The summed E-state index contributed by atoms with van der Waals surface area (Å²) >= 11 is 6.09. The van der Waals surface area contributed by atoms with Crippen molar-refractivity contribution in [3.05, 3.63) is 88.4 Å². The van der Waals surface area contributed by atoms with Crippen LogP contribution in [0.15, 0.2) is 66.7 Å². The summed E-state index contributed by atoms with van der Waals surface area (Å²) in [4.78, 5) is 24.7. The molecular weight excluding hydrogens is 376 g/mol. The van der Waals surface area contributed by atoms with Crippen LogP contribution < -0.4 is 15.4 Å². The number of carbonyl (C=O) groups excluding carboxylic acids is 2. The largest absolute Gasteiger partial charge is 0.495 e. The first kappa shape index (κ1) is 19.5. The minimum Gasteiger partial charge on any atom is -0.495 e. The number of ether oxygens (including phenoxy) is 1. The number of halogens is 1. The number of aryl methyl sites for hydroxylation is 1. The molecule has 0 aromatic heterocycles. The van der Waals surface area contributed by atoms with Gasteiger partial charge in [0.25, 0.3) is 11.8 Å². The van der Waals surface area contributed by atoms with Crippen LogP contribution in [0.5, 0.6) is 5.75 Å². The minimum absolute atomic E-state index is 0.209. The molecule has 0 unspecified atom stereocenters. The number of benzene rings is 3. The molecule has 2 amide bonds. The number of anilines is 2. The second kappa shape index (κ2) is 8.59. The fraction of sp³-hybridized carbons (Fsp3) is 0.0909. The van der Waals surface area contributed by atoms with Crippen molar-refractivity contribution in [2.45, 2.75) is 6.92 Å². The van der Waals surface area contributed by atoms with Gasteiger partial charge in [0.05, 0.1) is 12.8 Å². The Balaban J connectivity index is 1.71. The molecule has 0 atom stereocenters. The molecule has 0 aliphatic carbocycles. The van der Waals surface area contributed by atoms with E-state index in [-0.39, 0.29) is 11.8 Å². The van der Waals surface area contributed by atoms with Crippen molar-refractivity contribution >= 4 is 34.8 Å². The Morgan fingerprint density at radius 2 is 1.46 bits per heavy atom. The second-order valence-corrected chi connectivity index (χ2v) is 6.56. The van der Waals surface area contributed by atoms with E-state index in [9.17, 15) is 9.59 Å². The SMILES string of the molecule is COc1cc(Cl)c(C)cc1NC(=O)c1ccc(NC(=O)c2ccccc2)cc1. The number of nitrogens with one attached hydrogen (secondary N) is 2. The minimum atomic E-state index is -0.291. The summed E-state index contributed by atoms with van der Waals surface area (Å²) in [5.41, 5.74) is 2.99. The summed E-state index contributed by atoms with van der Waals surface area (Å²) < 4.78 is 5.28. The predicted octanol–water partition coefficient (Wildman–Crippen LogP) is 5.16. The molecule has 142 valence electrons. The summed E-state index contributed by atoms with van der Waals surface area (Å²) in [5, 5.41) is 6.19. The van der Waals surface area contributed by atoms with Crippen LogP contribution in [0.2, 0.25) is 5.02 Å². The number of methoxy groups -OCH3 is 1. The summed E-state index contributed by atoms with van der Waals surface area (Å²) in [7, 11) is 1.51.